The number of oxime groups is 1. The topological polar surface area (TPSA) is 65.0 Å². The van der Waals surface area contributed by atoms with Gasteiger partial charge in [-0.2, -0.15) is 0 Å². The van der Waals surface area contributed by atoms with Crippen LogP contribution in [0.5, 0.6) is 0 Å². The quantitative estimate of drug-likeness (QED) is 0.232. The van der Waals surface area contributed by atoms with Crippen LogP contribution in [-0.4, -0.2) is 19.2 Å². The van der Waals surface area contributed by atoms with Crippen molar-refractivity contribution in [2.24, 2.45) is 5.16 Å². The van der Waals surface area contributed by atoms with Gasteiger partial charge in [0.2, 0.25) is 0 Å². The number of rotatable bonds is 8. The Balaban J connectivity index is 1.99. The van der Waals surface area contributed by atoms with Gasteiger partial charge in [-0.05, 0) is 0 Å². The summed E-state index contributed by atoms with van der Waals surface area (Å²) in [5, 5.41) is 4.18. The second-order valence-electron chi connectivity index (χ2n) is 6.19. The molecule has 0 heterocycles. The molecule has 0 saturated carbocycles. The fraction of sp³-hybridized carbons (Fsp3) is 0.136. The van der Waals surface area contributed by atoms with Crippen LogP contribution in [0.4, 0.5) is 0 Å². The van der Waals surface area contributed by atoms with Crippen molar-refractivity contribution in [1.29, 1.82) is 0 Å². The molecule has 0 spiro atoms. The van der Waals surface area contributed by atoms with Crippen LogP contribution >= 0.6 is 20.2 Å². The van der Waals surface area contributed by atoms with Crippen molar-refractivity contribution in [3.63, 3.8) is 0 Å². The molecule has 3 rings (SSSR count). The molecule has 0 aliphatic rings. The minimum atomic E-state index is -3.95. The molecule has 5 nitrogen and oxygen atoms in total. The Morgan fingerprint density at radius 3 is 2.07 bits per heavy atom. The Labute approximate surface area is 179 Å². The van der Waals surface area contributed by atoms with Crippen molar-refractivity contribution in [1.82, 2.24) is 0 Å². The Kier molecular flexibility index (Phi) is 7.40. The summed E-state index contributed by atoms with van der Waals surface area (Å²) < 4.78 is 33.3. The average molecular weight is 523 g/mol. The number of hydrogen-bond donors (Lipinski definition) is 0. The van der Waals surface area contributed by atoms with Crippen molar-refractivity contribution in [2.75, 3.05) is 7.11 Å². The molecule has 3 aromatic carbocycles. The van der Waals surface area contributed by atoms with Crippen molar-refractivity contribution in [2.45, 2.75) is 18.2 Å². The van der Waals surface area contributed by atoms with Crippen molar-refractivity contribution in [3.05, 3.63) is 99.6 Å². The third-order valence-electron chi connectivity index (χ3n) is 3.97. The van der Waals surface area contributed by atoms with Crippen LogP contribution in [0.15, 0.2) is 95.0 Å². The fourth-order valence-electron chi connectivity index (χ4n) is 2.54. The summed E-state index contributed by atoms with van der Waals surface area (Å²) in [7, 11) is -2.49. The maximum absolute atomic E-state index is 13.0. The van der Waals surface area contributed by atoms with E-state index in [1.54, 1.807) is 24.3 Å². The zero-order valence-electron chi connectivity index (χ0n) is 16.2. The monoisotopic (exact) mass is 523 g/mol. The standard InChI is InChI=1S/C22H22INO4S/c1-18-13-15-21(16-14-18)29(25,26)28-23(20-11-7-4-8-12-20)22(24-27-2)17-19-9-5-3-6-10-19/h3-16H,17H2,1-2H3/b24-22-. The summed E-state index contributed by atoms with van der Waals surface area (Å²) >= 11 is -2.89. The van der Waals surface area contributed by atoms with Gasteiger partial charge in [-0.25, -0.2) is 0 Å². The first-order chi connectivity index (χ1) is 14.0. The molecule has 3 aromatic rings. The summed E-state index contributed by atoms with van der Waals surface area (Å²) in [6, 6.07) is 25.8. The maximum atomic E-state index is 13.0. The molecule has 0 unspecified atom stereocenters. The summed E-state index contributed by atoms with van der Waals surface area (Å²) in [5.74, 6) is 0. The van der Waals surface area contributed by atoms with Gasteiger partial charge >= 0.3 is 180 Å². The predicted octanol–water partition coefficient (Wildman–Crippen LogP) is 5.19. The van der Waals surface area contributed by atoms with Gasteiger partial charge in [-0.1, -0.05) is 0 Å². The molecular formula is C22H22INO4S. The van der Waals surface area contributed by atoms with Crippen LogP contribution < -0.4 is 0 Å². The molecule has 0 N–H and O–H groups in total. The van der Waals surface area contributed by atoms with Gasteiger partial charge in [0.1, 0.15) is 0 Å². The molecule has 0 aromatic heterocycles. The molecular weight excluding hydrogens is 501 g/mol. The van der Waals surface area contributed by atoms with E-state index in [0.29, 0.717) is 10.1 Å². The van der Waals surface area contributed by atoms with Crippen LogP contribution in [0, 0.1) is 10.5 Å². The van der Waals surface area contributed by atoms with Crippen LogP contribution in [0.3, 0.4) is 0 Å². The Morgan fingerprint density at radius 2 is 1.48 bits per heavy atom. The van der Waals surface area contributed by atoms with Crippen LogP contribution in [0.1, 0.15) is 11.1 Å². The van der Waals surface area contributed by atoms with Gasteiger partial charge in [-0.3, -0.25) is 0 Å². The summed E-state index contributed by atoms with van der Waals surface area (Å²) in [5.41, 5.74) is 1.99. The molecule has 0 bridgehead atoms. The SMILES string of the molecule is CO/N=C(/Cc1ccccc1)I(OS(=O)(=O)c1ccc(C)cc1)c1ccccc1. The Bertz CT molecular complexity index is 1050. The zero-order chi connectivity index (χ0) is 20.7. The first-order valence-corrected chi connectivity index (χ1v) is 13.3. The predicted molar refractivity (Wildman–Crippen MR) is 123 cm³/mol. The molecule has 0 fully saturated rings. The van der Waals surface area contributed by atoms with Crippen molar-refractivity contribution in [3.8, 4) is 0 Å². The number of nitrogens with zero attached hydrogens (tertiary/aromatic N) is 1. The fourth-order valence-corrected chi connectivity index (χ4v) is 9.63. The molecule has 0 aliphatic heterocycles. The molecule has 152 valence electrons. The van der Waals surface area contributed by atoms with E-state index in [9.17, 15) is 8.42 Å². The molecule has 0 radical (unpaired) electrons. The third kappa shape index (κ3) is 5.88. The van der Waals surface area contributed by atoms with Crippen LogP contribution in [-0.2, 0) is 23.9 Å². The first-order valence-electron chi connectivity index (χ1n) is 8.90. The Hall–Kier alpha value is -2.23. The minimum absolute atomic E-state index is 0.137. The third-order valence-corrected chi connectivity index (χ3v) is 11.2. The van der Waals surface area contributed by atoms with Crippen LogP contribution in [0.25, 0.3) is 0 Å². The van der Waals surface area contributed by atoms with E-state index in [4.69, 9.17) is 7.35 Å². The van der Waals surface area contributed by atoms with Gasteiger partial charge in [0.15, 0.2) is 0 Å². The van der Waals surface area contributed by atoms with E-state index in [1.807, 2.05) is 67.6 Å². The van der Waals surface area contributed by atoms with Gasteiger partial charge in [0.05, 0.1) is 0 Å². The molecule has 0 amide bonds. The van der Waals surface area contributed by atoms with Crippen LogP contribution in [0.2, 0.25) is 0 Å². The molecule has 29 heavy (non-hydrogen) atoms. The van der Waals surface area contributed by atoms with Gasteiger partial charge in [0.25, 0.3) is 0 Å². The van der Waals surface area contributed by atoms with E-state index in [0.717, 1.165) is 14.7 Å². The second-order valence-corrected chi connectivity index (χ2v) is 12.7. The number of hydrogen-bond acceptors (Lipinski definition) is 5. The normalized spacial score (nSPS) is 12.5. The summed E-state index contributed by atoms with van der Waals surface area (Å²) in [6.45, 7) is 1.91. The van der Waals surface area contributed by atoms with Crippen molar-refractivity contribution >= 4 is 34.1 Å². The molecule has 7 heteroatoms. The Morgan fingerprint density at radius 1 is 0.897 bits per heavy atom. The van der Waals surface area contributed by atoms with E-state index in [-0.39, 0.29) is 4.90 Å². The summed E-state index contributed by atoms with van der Waals surface area (Å²) in [6.07, 6.45) is 0.456. The summed E-state index contributed by atoms with van der Waals surface area (Å²) in [4.78, 5) is 5.20. The van der Waals surface area contributed by atoms with E-state index in [2.05, 4.69) is 5.16 Å². The zero-order valence-corrected chi connectivity index (χ0v) is 19.1. The number of aryl methyl sites for hydroxylation is 1. The second kappa shape index (κ2) is 10.00. The molecule has 0 saturated heterocycles. The van der Waals surface area contributed by atoms with Gasteiger partial charge in [0, 0.05) is 0 Å². The van der Waals surface area contributed by atoms with Crippen molar-refractivity contribution < 1.29 is 15.8 Å². The number of halogens is 1. The number of benzene rings is 3. The molecule has 0 atom stereocenters. The van der Waals surface area contributed by atoms with E-state index < -0.39 is 30.4 Å². The van der Waals surface area contributed by atoms with Gasteiger partial charge < -0.3 is 0 Å². The first kappa shape index (κ1) is 21.5. The molecule has 0 aliphatic carbocycles. The average Bonchev–Trinajstić information content (AvgIpc) is 2.73. The van der Waals surface area contributed by atoms with Gasteiger partial charge in [-0.15, -0.1) is 0 Å². The van der Waals surface area contributed by atoms with E-state index >= 15 is 0 Å². The van der Waals surface area contributed by atoms with E-state index in [1.165, 1.54) is 7.11 Å².